The highest BCUT2D eigenvalue weighted by atomic mass is 32.2. The highest BCUT2D eigenvalue weighted by Gasteiger charge is 2.28. The van der Waals surface area contributed by atoms with E-state index in [0.29, 0.717) is 6.42 Å². The molecule has 1 unspecified atom stereocenters. The molecule has 0 radical (unpaired) electrons. The van der Waals surface area contributed by atoms with Crippen molar-refractivity contribution in [3.8, 4) is 0 Å². The lowest BCUT2D eigenvalue weighted by atomic mass is 10.2. The topological polar surface area (TPSA) is 66.5 Å². The summed E-state index contributed by atoms with van der Waals surface area (Å²) < 4.78 is 27.2. The fraction of sp³-hybridized carbons (Fsp3) is 0.471. The molecule has 0 aliphatic carbocycles. The minimum atomic E-state index is -3.67. The van der Waals surface area contributed by atoms with Gasteiger partial charge in [-0.05, 0) is 42.9 Å². The van der Waals surface area contributed by atoms with Crippen molar-refractivity contribution in [2.24, 2.45) is 0 Å². The molecule has 1 atom stereocenters. The molecule has 1 saturated heterocycles. The average molecular weight is 369 g/mol. The number of thioether (sulfide) groups is 1. The van der Waals surface area contributed by atoms with Gasteiger partial charge in [0.1, 0.15) is 6.04 Å². The molecule has 0 aromatic heterocycles. The molecule has 1 heterocycles. The summed E-state index contributed by atoms with van der Waals surface area (Å²) in [6.45, 7) is 1.44. The fourth-order valence-corrected chi connectivity index (χ4v) is 4.10. The highest BCUT2D eigenvalue weighted by molar-refractivity contribution is 7.98. The number of hydrogen-bond donors (Lipinski definition) is 1. The number of nitrogens with zero attached hydrogens (tertiary/aromatic N) is 1. The molecule has 0 spiro atoms. The lowest BCUT2D eigenvalue weighted by molar-refractivity contribution is -0.131. The summed E-state index contributed by atoms with van der Waals surface area (Å²) in [6, 6.07) is 8.52. The highest BCUT2D eigenvalue weighted by Crippen LogP contribution is 2.13. The predicted molar refractivity (Wildman–Crippen MR) is 100 cm³/mol. The average Bonchev–Trinajstić information content (AvgIpc) is 3.12. The van der Waals surface area contributed by atoms with Crippen LogP contribution in [0.2, 0.25) is 0 Å². The molecule has 7 heteroatoms. The van der Waals surface area contributed by atoms with E-state index < -0.39 is 16.1 Å². The molecule has 1 aromatic carbocycles. The van der Waals surface area contributed by atoms with Crippen LogP contribution in [-0.2, 0) is 14.8 Å². The van der Waals surface area contributed by atoms with Crippen molar-refractivity contribution in [3.05, 3.63) is 41.3 Å². The third-order valence-corrected chi connectivity index (χ3v) is 5.62. The second kappa shape index (κ2) is 9.25. The van der Waals surface area contributed by atoms with Crippen LogP contribution in [0.3, 0.4) is 0 Å². The van der Waals surface area contributed by atoms with Gasteiger partial charge in [0.25, 0.3) is 0 Å². The van der Waals surface area contributed by atoms with Crippen molar-refractivity contribution in [2.75, 3.05) is 25.1 Å². The molecule has 132 valence electrons. The molecule has 5 nitrogen and oxygen atoms in total. The zero-order chi connectivity index (χ0) is 17.4. The van der Waals surface area contributed by atoms with Gasteiger partial charge < -0.3 is 4.90 Å². The van der Waals surface area contributed by atoms with Gasteiger partial charge in [0.15, 0.2) is 0 Å². The minimum Gasteiger partial charge on any atom is -0.341 e. The smallest absolute Gasteiger partial charge is 0.240 e. The first-order valence-corrected chi connectivity index (χ1v) is 11.0. The van der Waals surface area contributed by atoms with Gasteiger partial charge in [-0.1, -0.05) is 30.3 Å². The lowest BCUT2D eigenvalue weighted by Gasteiger charge is -2.23. The molecular weight excluding hydrogens is 344 g/mol. The molecular formula is C17H24N2O3S2. The number of carbonyl (C=O) groups excluding carboxylic acids is 1. The molecule has 24 heavy (non-hydrogen) atoms. The molecule has 0 bridgehead atoms. The van der Waals surface area contributed by atoms with Crippen LogP contribution in [0.5, 0.6) is 0 Å². The molecule has 1 amide bonds. The van der Waals surface area contributed by atoms with Crippen LogP contribution in [0.25, 0.3) is 6.08 Å². The lowest BCUT2D eigenvalue weighted by Crippen LogP contribution is -2.47. The van der Waals surface area contributed by atoms with E-state index in [-0.39, 0.29) is 5.91 Å². The van der Waals surface area contributed by atoms with Crippen LogP contribution in [0, 0.1) is 0 Å². The number of benzene rings is 1. The summed E-state index contributed by atoms with van der Waals surface area (Å²) in [5, 5.41) is 1.13. The summed E-state index contributed by atoms with van der Waals surface area (Å²) in [5.74, 6) is 0.619. The van der Waals surface area contributed by atoms with Crippen LogP contribution in [0.15, 0.2) is 35.7 Å². The number of likely N-dealkylation sites (tertiary alicyclic amines) is 1. The molecule has 1 aromatic rings. The Labute approximate surface area is 148 Å². The summed E-state index contributed by atoms with van der Waals surface area (Å²) in [7, 11) is -3.67. The van der Waals surface area contributed by atoms with E-state index in [2.05, 4.69) is 4.72 Å². The van der Waals surface area contributed by atoms with Crippen molar-refractivity contribution in [3.63, 3.8) is 0 Å². The Morgan fingerprint density at radius 2 is 1.96 bits per heavy atom. The van der Waals surface area contributed by atoms with Gasteiger partial charge in [-0.3, -0.25) is 4.79 Å². The van der Waals surface area contributed by atoms with E-state index in [1.807, 2.05) is 36.6 Å². The van der Waals surface area contributed by atoms with Crippen LogP contribution in [-0.4, -0.2) is 50.4 Å². The molecule has 0 saturated carbocycles. The summed E-state index contributed by atoms with van der Waals surface area (Å²) in [4.78, 5) is 14.3. The molecule has 1 aliphatic heterocycles. The molecule has 1 fully saturated rings. The minimum absolute atomic E-state index is 0.113. The normalized spacial score (nSPS) is 16.6. The monoisotopic (exact) mass is 368 g/mol. The fourth-order valence-electron chi connectivity index (χ4n) is 2.60. The first kappa shape index (κ1) is 19.0. The van der Waals surface area contributed by atoms with E-state index in [0.717, 1.165) is 42.7 Å². The Morgan fingerprint density at radius 1 is 1.29 bits per heavy atom. The van der Waals surface area contributed by atoms with Crippen molar-refractivity contribution < 1.29 is 13.2 Å². The number of carbonyl (C=O) groups is 1. The van der Waals surface area contributed by atoms with Gasteiger partial charge in [0, 0.05) is 18.5 Å². The predicted octanol–water partition coefficient (Wildman–Crippen LogP) is 2.32. The standard InChI is InChI=1S/C17H24N2O3S2/c1-23-13-9-16(17(20)19-11-5-6-12-19)18-24(21,22)14-10-15-7-3-2-4-8-15/h2-4,7-8,10,14,16,18H,5-6,9,11-13H2,1H3/b14-10+. The second-order valence-electron chi connectivity index (χ2n) is 5.74. The summed E-state index contributed by atoms with van der Waals surface area (Å²) >= 11 is 1.60. The molecule has 2 rings (SSSR count). The first-order valence-electron chi connectivity index (χ1n) is 8.05. The number of amides is 1. The quantitative estimate of drug-likeness (QED) is 0.765. The molecule has 1 N–H and O–H groups in total. The van der Waals surface area contributed by atoms with Gasteiger partial charge in [0.2, 0.25) is 15.9 Å². The number of rotatable bonds is 8. The zero-order valence-electron chi connectivity index (χ0n) is 13.8. The van der Waals surface area contributed by atoms with Crippen LogP contribution in [0.1, 0.15) is 24.8 Å². The maximum absolute atomic E-state index is 12.6. The maximum atomic E-state index is 12.6. The van der Waals surface area contributed by atoms with Crippen molar-refractivity contribution >= 4 is 33.8 Å². The van der Waals surface area contributed by atoms with E-state index in [1.54, 1.807) is 16.7 Å². The summed E-state index contributed by atoms with van der Waals surface area (Å²) in [6.07, 6.45) is 5.95. The Kier molecular flexibility index (Phi) is 7.33. The SMILES string of the molecule is CSCCC(NS(=O)(=O)/C=C/c1ccccc1)C(=O)N1CCCC1. The number of nitrogens with one attached hydrogen (secondary N) is 1. The van der Waals surface area contributed by atoms with Gasteiger partial charge in [0.05, 0.1) is 0 Å². The van der Waals surface area contributed by atoms with E-state index >= 15 is 0 Å². The van der Waals surface area contributed by atoms with Crippen LogP contribution >= 0.6 is 11.8 Å². The Hall–Kier alpha value is -1.31. The Bertz CT molecular complexity index is 654. The largest absolute Gasteiger partial charge is 0.341 e. The summed E-state index contributed by atoms with van der Waals surface area (Å²) in [5.41, 5.74) is 0.800. The third-order valence-electron chi connectivity index (χ3n) is 3.87. The number of sulfonamides is 1. The van der Waals surface area contributed by atoms with Gasteiger partial charge >= 0.3 is 0 Å². The molecule has 1 aliphatic rings. The van der Waals surface area contributed by atoms with Gasteiger partial charge in [-0.2, -0.15) is 16.5 Å². The van der Waals surface area contributed by atoms with Crippen molar-refractivity contribution in [1.29, 1.82) is 0 Å². The third kappa shape index (κ3) is 5.96. The van der Waals surface area contributed by atoms with E-state index in [9.17, 15) is 13.2 Å². The van der Waals surface area contributed by atoms with Gasteiger partial charge in [-0.15, -0.1) is 0 Å². The van der Waals surface area contributed by atoms with Crippen LogP contribution in [0.4, 0.5) is 0 Å². The van der Waals surface area contributed by atoms with Crippen molar-refractivity contribution in [1.82, 2.24) is 9.62 Å². The van der Waals surface area contributed by atoms with E-state index in [4.69, 9.17) is 0 Å². The maximum Gasteiger partial charge on any atom is 0.240 e. The van der Waals surface area contributed by atoms with Crippen LogP contribution < -0.4 is 4.72 Å². The zero-order valence-corrected chi connectivity index (χ0v) is 15.5. The Balaban J connectivity index is 2.06. The number of hydrogen-bond acceptors (Lipinski definition) is 4. The first-order chi connectivity index (χ1) is 11.5. The van der Waals surface area contributed by atoms with Gasteiger partial charge in [-0.25, -0.2) is 8.42 Å². The second-order valence-corrected chi connectivity index (χ2v) is 8.33. The van der Waals surface area contributed by atoms with Crippen molar-refractivity contribution in [2.45, 2.75) is 25.3 Å². The van der Waals surface area contributed by atoms with E-state index in [1.165, 1.54) is 6.08 Å². The Morgan fingerprint density at radius 3 is 2.58 bits per heavy atom.